The lowest BCUT2D eigenvalue weighted by Gasteiger charge is -2.35. The zero-order valence-electron chi connectivity index (χ0n) is 14.1. The Bertz CT molecular complexity index is 720. The van der Waals surface area contributed by atoms with Crippen LogP contribution in [0.3, 0.4) is 0 Å². The van der Waals surface area contributed by atoms with Gasteiger partial charge < -0.3 is 14.2 Å². The van der Waals surface area contributed by atoms with Crippen molar-refractivity contribution in [3.63, 3.8) is 0 Å². The molecule has 1 amide bonds. The first kappa shape index (κ1) is 19.5. The van der Waals surface area contributed by atoms with Gasteiger partial charge in [-0.2, -0.15) is 0 Å². The van der Waals surface area contributed by atoms with Gasteiger partial charge in [-0.3, -0.25) is 5.32 Å². The van der Waals surface area contributed by atoms with Crippen molar-refractivity contribution >= 4 is 35.0 Å². The van der Waals surface area contributed by atoms with Crippen LogP contribution in [0.25, 0.3) is 0 Å². The average molecular weight is 384 g/mol. The molecular weight excluding hydrogens is 365 g/mol. The van der Waals surface area contributed by atoms with Gasteiger partial charge in [0, 0.05) is 25.5 Å². The molecule has 0 radical (unpaired) electrons. The monoisotopic (exact) mass is 383 g/mol. The third-order valence-corrected chi connectivity index (χ3v) is 4.51. The topological polar surface area (TPSA) is 56.8 Å². The highest BCUT2D eigenvalue weighted by Gasteiger charge is 2.41. The molecule has 2 rings (SSSR count). The summed E-state index contributed by atoms with van der Waals surface area (Å²) >= 11 is 11.8. The van der Waals surface area contributed by atoms with Crippen LogP contribution in [0.15, 0.2) is 48.5 Å². The minimum Gasteiger partial charge on any atom is -0.440 e. The number of methoxy groups -OCH3 is 2. The number of ether oxygens (including phenoxy) is 3. The van der Waals surface area contributed by atoms with E-state index in [-0.39, 0.29) is 0 Å². The van der Waals surface area contributed by atoms with Crippen molar-refractivity contribution in [1.82, 2.24) is 0 Å². The summed E-state index contributed by atoms with van der Waals surface area (Å²) in [5.41, 5.74) is 1.20. The molecule has 1 N–H and O–H groups in total. The van der Waals surface area contributed by atoms with Crippen molar-refractivity contribution < 1.29 is 19.0 Å². The third-order valence-electron chi connectivity index (χ3n) is 3.77. The van der Waals surface area contributed by atoms with E-state index < -0.39 is 18.0 Å². The van der Waals surface area contributed by atoms with E-state index in [4.69, 9.17) is 37.4 Å². The van der Waals surface area contributed by atoms with Gasteiger partial charge in [0.15, 0.2) is 6.10 Å². The predicted molar refractivity (Wildman–Crippen MR) is 98.2 cm³/mol. The van der Waals surface area contributed by atoms with Crippen molar-refractivity contribution in [2.24, 2.45) is 0 Å². The van der Waals surface area contributed by atoms with Crippen LogP contribution in [-0.4, -0.2) is 26.4 Å². The van der Waals surface area contributed by atoms with E-state index in [2.05, 4.69) is 5.32 Å². The van der Waals surface area contributed by atoms with Crippen molar-refractivity contribution in [1.29, 1.82) is 0 Å². The molecule has 0 aliphatic rings. The Morgan fingerprint density at radius 3 is 2.24 bits per heavy atom. The smallest absolute Gasteiger partial charge is 0.412 e. The molecular formula is C18H19Cl2NO4. The van der Waals surface area contributed by atoms with Crippen LogP contribution >= 0.6 is 23.2 Å². The van der Waals surface area contributed by atoms with Crippen molar-refractivity contribution in [3.05, 3.63) is 64.1 Å². The third kappa shape index (κ3) is 4.44. The van der Waals surface area contributed by atoms with E-state index in [0.717, 1.165) is 5.56 Å². The second kappa shape index (κ2) is 8.54. The number of amides is 1. The molecule has 0 aliphatic carbocycles. The maximum atomic E-state index is 12.2. The Morgan fingerprint density at radius 2 is 1.68 bits per heavy atom. The summed E-state index contributed by atoms with van der Waals surface area (Å²) in [6.07, 6.45) is -1.40. The second-order valence-electron chi connectivity index (χ2n) is 5.24. The Morgan fingerprint density at radius 1 is 1.04 bits per heavy atom. The van der Waals surface area contributed by atoms with E-state index in [1.165, 1.54) is 20.3 Å². The maximum Gasteiger partial charge on any atom is 0.412 e. The molecule has 0 saturated heterocycles. The van der Waals surface area contributed by atoms with Crippen LogP contribution in [0.5, 0.6) is 0 Å². The van der Waals surface area contributed by atoms with Gasteiger partial charge in [0.25, 0.3) is 0 Å². The quantitative estimate of drug-likeness (QED) is 0.706. The average Bonchev–Trinajstić information content (AvgIpc) is 2.60. The fourth-order valence-corrected chi connectivity index (χ4v) is 2.81. The molecule has 2 aromatic carbocycles. The van der Waals surface area contributed by atoms with Gasteiger partial charge in [-0.15, -0.1) is 0 Å². The molecule has 0 aromatic heterocycles. The first-order valence-corrected chi connectivity index (χ1v) is 8.27. The van der Waals surface area contributed by atoms with E-state index in [1.54, 1.807) is 19.1 Å². The molecule has 0 bridgehead atoms. The normalized spacial score (nSPS) is 12.5. The molecule has 0 spiro atoms. The molecule has 1 atom stereocenters. The van der Waals surface area contributed by atoms with Crippen LogP contribution in [0.4, 0.5) is 10.5 Å². The highest BCUT2D eigenvalue weighted by Crippen LogP contribution is 2.32. The van der Waals surface area contributed by atoms with Gasteiger partial charge in [-0.25, -0.2) is 4.79 Å². The molecule has 0 saturated carbocycles. The summed E-state index contributed by atoms with van der Waals surface area (Å²) < 4.78 is 16.6. The predicted octanol–water partition coefficient (Wildman–Crippen LogP) is 5.08. The summed E-state index contributed by atoms with van der Waals surface area (Å²) in [5.74, 6) is -1.23. The lowest BCUT2D eigenvalue weighted by atomic mass is 10.0. The summed E-state index contributed by atoms with van der Waals surface area (Å²) in [5, 5.41) is 3.33. The molecule has 0 heterocycles. The van der Waals surface area contributed by atoms with Crippen LogP contribution in [0.1, 0.15) is 12.5 Å². The Balaban J connectivity index is 2.13. The Kier molecular flexibility index (Phi) is 6.67. The first-order chi connectivity index (χ1) is 11.9. The maximum absolute atomic E-state index is 12.2. The van der Waals surface area contributed by atoms with Crippen LogP contribution in [-0.2, 0) is 20.0 Å². The molecule has 134 valence electrons. The van der Waals surface area contributed by atoms with Crippen molar-refractivity contribution in [3.8, 4) is 0 Å². The number of anilines is 1. The highest BCUT2D eigenvalue weighted by molar-refractivity contribution is 6.42. The zero-order chi connectivity index (χ0) is 18.4. The molecule has 0 aliphatic heterocycles. The fourth-order valence-electron chi connectivity index (χ4n) is 2.52. The first-order valence-electron chi connectivity index (χ1n) is 7.51. The zero-order valence-corrected chi connectivity index (χ0v) is 15.6. The minimum atomic E-state index is -1.23. The Labute approximate surface area is 156 Å². The SMILES string of the molecule is COC(OC)(c1ccccc1)C(C)OC(=O)Nc1ccc(Cl)c(Cl)c1. The van der Waals surface area contributed by atoms with Gasteiger partial charge in [0.1, 0.15) is 0 Å². The molecule has 25 heavy (non-hydrogen) atoms. The van der Waals surface area contributed by atoms with Crippen molar-refractivity contribution in [2.75, 3.05) is 19.5 Å². The summed E-state index contributed by atoms with van der Waals surface area (Å²) in [7, 11) is 2.99. The number of nitrogens with one attached hydrogen (secondary N) is 1. The van der Waals surface area contributed by atoms with Gasteiger partial charge in [0.2, 0.25) is 5.79 Å². The number of hydrogen-bond donors (Lipinski definition) is 1. The lowest BCUT2D eigenvalue weighted by Crippen LogP contribution is -2.44. The highest BCUT2D eigenvalue weighted by atomic mass is 35.5. The molecule has 2 aromatic rings. The van der Waals surface area contributed by atoms with Gasteiger partial charge in [0.05, 0.1) is 10.0 Å². The van der Waals surface area contributed by atoms with Gasteiger partial charge in [-0.1, -0.05) is 53.5 Å². The fraction of sp³-hybridized carbons (Fsp3) is 0.278. The number of halogens is 2. The molecule has 0 fully saturated rings. The Hall–Kier alpha value is -1.79. The van der Waals surface area contributed by atoms with E-state index >= 15 is 0 Å². The van der Waals surface area contributed by atoms with E-state index in [9.17, 15) is 4.79 Å². The van der Waals surface area contributed by atoms with E-state index in [0.29, 0.717) is 15.7 Å². The summed E-state index contributed by atoms with van der Waals surface area (Å²) in [4.78, 5) is 12.2. The molecule has 1 unspecified atom stereocenters. The van der Waals surface area contributed by atoms with Crippen molar-refractivity contribution in [2.45, 2.75) is 18.8 Å². The lowest BCUT2D eigenvalue weighted by molar-refractivity contribution is -0.263. The molecule has 5 nitrogen and oxygen atoms in total. The minimum absolute atomic E-state index is 0.333. The summed E-state index contributed by atoms with van der Waals surface area (Å²) in [6.45, 7) is 1.69. The largest absolute Gasteiger partial charge is 0.440 e. The number of carbonyl (C=O) groups is 1. The van der Waals surface area contributed by atoms with Crippen LogP contribution in [0, 0.1) is 0 Å². The second-order valence-corrected chi connectivity index (χ2v) is 6.06. The number of rotatable bonds is 6. The molecule has 7 heteroatoms. The van der Waals surface area contributed by atoms with Crippen LogP contribution < -0.4 is 5.32 Å². The number of hydrogen-bond acceptors (Lipinski definition) is 4. The standard InChI is InChI=1S/C18H19Cl2NO4/c1-12(18(23-2,24-3)13-7-5-4-6-8-13)25-17(22)21-14-9-10-15(19)16(20)11-14/h4-12H,1-3H3,(H,21,22). The van der Waals surface area contributed by atoms with E-state index in [1.807, 2.05) is 30.3 Å². The number of benzene rings is 2. The summed E-state index contributed by atoms with van der Waals surface area (Å²) in [6, 6.07) is 14.0. The van der Waals surface area contributed by atoms with Crippen LogP contribution in [0.2, 0.25) is 10.0 Å². The van der Waals surface area contributed by atoms with Gasteiger partial charge in [-0.05, 0) is 25.1 Å². The van der Waals surface area contributed by atoms with Gasteiger partial charge >= 0.3 is 6.09 Å². The number of carbonyl (C=O) groups excluding carboxylic acids is 1.